The van der Waals surface area contributed by atoms with Gasteiger partial charge >= 0.3 is 5.97 Å². The van der Waals surface area contributed by atoms with Gasteiger partial charge in [-0.05, 0) is 36.8 Å². The molecule has 1 aliphatic rings. The van der Waals surface area contributed by atoms with Crippen molar-refractivity contribution in [2.75, 3.05) is 20.8 Å². The Morgan fingerprint density at radius 2 is 1.78 bits per heavy atom. The number of thiazole rings is 1. The summed E-state index contributed by atoms with van der Waals surface area (Å²) >= 11 is 1.28. The first-order chi connectivity index (χ1) is 20.0. The Labute approximate surface area is 239 Å². The van der Waals surface area contributed by atoms with Crippen LogP contribution in [0.15, 0.2) is 94.4 Å². The third-order valence-corrected chi connectivity index (χ3v) is 7.99. The van der Waals surface area contributed by atoms with E-state index in [1.54, 1.807) is 37.8 Å². The highest BCUT2D eigenvalue weighted by Crippen LogP contribution is 2.38. The van der Waals surface area contributed by atoms with E-state index in [-0.39, 0.29) is 17.7 Å². The zero-order valence-corrected chi connectivity index (χ0v) is 23.5. The van der Waals surface area contributed by atoms with E-state index in [4.69, 9.17) is 19.2 Å². The molecule has 1 aliphatic heterocycles. The van der Waals surface area contributed by atoms with Crippen molar-refractivity contribution in [3.05, 3.63) is 121 Å². The van der Waals surface area contributed by atoms with Crippen molar-refractivity contribution >= 4 is 40.0 Å². The molecule has 6 rings (SSSR count). The Morgan fingerprint density at radius 3 is 2.54 bits per heavy atom. The maximum absolute atomic E-state index is 14.1. The molecule has 0 spiro atoms. The van der Waals surface area contributed by atoms with Crippen molar-refractivity contribution in [3.8, 4) is 11.5 Å². The predicted molar refractivity (Wildman–Crippen MR) is 159 cm³/mol. The van der Waals surface area contributed by atoms with Crippen LogP contribution in [-0.4, -0.2) is 36.3 Å². The van der Waals surface area contributed by atoms with Crippen LogP contribution in [0.1, 0.15) is 29.7 Å². The predicted octanol–water partition coefficient (Wildman–Crippen LogP) is 4.43. The molecule has 0 fully saturated rings. The number of hydrogen-bond acceptors (Lipinski definition) is 7. The normalized spacial score (nSPS) is 15.0. The fourth-order valence-electron chi connectivity index (χ4n) is 5.13. The lowest BCUT2D eigenvalue weighted by molar-refractivity contribution is -0.138. The van der Waals surface area contributed by atoms with E-state index in [1.807, 2.05) is 72.9 Å². The molecule has 8 nitrogen and oxygen atoms in total. The molecule has 41 heavy (non-hydrogen) atoms. The molecule has 0 unspecified atom stereocenters. The van der Waals surface area contributed by atoms with Gasteiger partial charge in [0.25, 0.3) is 5.56 Å². The van der Waals surface area contributed by atoms with Gasteiger partial charge < -0.3 is 19.2 Å². The minimum absolute atomic E-state index is 0.175. The van der Waals surface area contributed by atoms with E-state index in [0.29, 0.717) is 32.1 Å². The van der Waals surface area contributed by atoms with Crippen LogP contribution in [-0.2, 0) is 9.53 Å². The topological polar surface area (TPSA) is 94.9 Å². The lowest BCUT2D eigenvalue weighted by atomic mass is 9.93. The van der Waals surface area contributed by atoms with Crippen LogP contribution in [0, 0.1) is 0 Å². The monoisotopic (exact) mass is 565 g/mol. The van der Waals surface area contributed by atoms with Crippen LogP contribution in [0.2, 0.25) is 0 Å². The zero-order chi connectivity index (χ0) is 28.5. The van der Waals surface area contributed by atoms with Crippen LogP contribution in [0.25, 0.3) is 22.7 Å². The number of rotatable bonds is 7. The second-order valence-electron chi connectivity index (χ2n) is 9.34. The molecule has 206 valence electrons. The third-order valence-electron chi connectivity index (χ3n) is 7.00. The molecular formula is C32H27N3O5S. The van der Waals surface area contributed by atoms with Gasteiger partial charge in [0.15, 0.2) is 16.3 Å². The third kappa shape index (κ3) is 4.64. The standard InChI is InChI=1S/C32H27N3O5S/c1-4-40-31(37)27-28(19-10-6-5-7-11-19)34-32-35(29(27)20-14-15-24(38-2)25(16-20)39-3)30(36)26(41-32)17-21-18-33-23-13-9-8-12-22(21)23/h5-18,29,33H,4H2,1-3H3/b26-17-/t29-/m0/s1. The molecule has 2 aromatic heterocycles. The summed E-state index contributed by atoms with van der Waals surface area (Å²) in [5.74, 6) is 0.473. The van der Waals surface area contributed by atoms with Crippen molar-refractivity contribution < 1.29 is 19.0 Å². The van der Waals surface area contributed by atoms with Gasteiger partial charge in [0.1, 0.15) is 0 Å². The summed E-state index contributed by atoms with van der Waals surface area (Å²) in [7, 11) is 3.11. The minimum atomic E-state index is -0.814. The van der Waals surface area contributed by atoms with E-state index < -0.39 is 12.0 Å². The SMILES string of the molecule is CCOC(=O)C1=C(c2ccccc2)N=c2s/c(=C\c3c[nH]c4ccccc34)c(=O)n2[C@H]1c1ccc(OC)c(OC)c1. The first-order valence-electron chi connectivity index (χ1n) is 13.1. The Balaban J connectivity index is 1.66. The second kappa shape index (κ2) is 10.9. The number of carbonyl (C=O) groups excluding carboxylic acids is 1. The molecule has 3 aromatic carbocycles. The van der Waals surface area contributed by atoms with Crippen molar-refractivity contribution in [2.24, 2.45) is 4.99 Å². The van der Waals surface area contributed by atoms with Gasteiger partial charge in [-0.15, -0.1) is 0 Å². The number of para-hydroxylation sites is 1. The van der Waals surface area contributed by atoms with Gasteiger partial charge in [-0.25, -0.2) is 9.79 Å². The molecule has 0 radical (unpaired) electrons. The first-order valence-corrected chi connectivity index (χ1v) is 13.9. The number of methoxy groups -OCH3 is 2. The second-order valence-corrected chi connectivity index (χ2v) is 10.3. The Kier molecular flexibility index (Phi) is 7.03. The summed E-state index contributed by atoms with van der Waals surface area (Å²) in [6, 6.07) is 21.9. The number of aromatic nitrogens is 2. The molecule has 0 saturated carbocycles. The molecule has 0 bridgehead atoms. The van der Waals surface area contributed by atoms with Crippen molar-refractivity contribution in [2.45, 2.75) is 13.0 Å². The summed E-state index contributed by atoms with van der Waals surface area (Å²) < 4.78 is 18.6. The zero-order valence-electron chi connectivity index (χ0n) is 22.7. The number of nitrogens with one attached hydrogen (secondary N) is 1. The van der Waals surface area contributed by atoms with Gasteiger partial charge in [-0.1, -0.05) is 65.9 Å². The molecule has 0 aliphatic carbocycles. The molecule has 1 N–H and O–H groups in total. The Bertz CT molecular complexity index is 1990. The molecule has 0 saturated heterocycles. The summed E-state index contributed by atoms with van der Waals surface area (Å²) in [5, 5.41) is 1.01. The van der Waals surface area contributed by atoms with Crippen molar-refractivity contribution in [1.82, 2.24) is 9.55 Å². The highest BCUT2D eigenvalue weighted by Gasteiger charge is 2.35. The largest absolute Gasteiger partial charge is 0.493 e. The Hall–Kier alpha value is -4.89. The van der Waals surface area contributed by atoms with E-state index >= 15 is 0 Å². The molecule has 1 atom stereocenters. The van der Waals surface area contributed by atoms with Crippen LogP contribution in [0.3, 0.4) is 0 Å². The van der Waals surface area contributed by atoms with Crippen LogP contribution in [0.4, 0.5) is 0 Å². The highest BCUT2D eigenvalue weighted by molar-refractivity contribution is 7.07. The smallest absolute Gasteiger partial charge is 0.338 e. The molecule has 5 aromatic rings. The van der Waals surface area contributed by atoms with Gasteiger partial charge in [-0.2, -0.15) is 0 Å². The number of nitrogens with zero attached hydrogens (tertiary/aromatic N) is 2. The summed E-state index contributed by atoms with van der Waals surface area (Å²) in [4.78, 5) is 36.4. The average Bonchev–Trinajstić information content (AvgIpc) is 3.56. The number of hydrogen-bond donors (Lipinski definition) is 1. The lowest BCUT2D eigenvalue weighted by Gasteiger charge is -2.26. The highest BCUT2D eigenvalue weighted by atomic mass is 32.1. The number of ether oxygens (including phenoxy) is 3. The van der Waals surface area contributed by atoms with Crippen LogP contribution in [0.5, 0.6) is 11.5 Å². The van der Waals surface area contributed by atoms with E-state index in [9.17, 15) is 9.59 Å². The fraction of sp³-hybridized carbons (Fsp3) is 0.156. The molecular weight excluding hydrogens is 538 g/mol. The molecule has 3 heterocycles. The molecule has 0 amide bonds. The van der Waals surface area contributed by atoms with Gasteiger partial charge in [0.2, 0.25) is 0 Å². The van der Waals surface area contributed by atoms with E-state index in [1.165, 1.54) is 11.3 Å². The number of esters is 1. The van der Waals surface area contributed by atoms with Gasteiger partial charge in [0, 0.05) is 28.2 Å². The number of fused-ring (bicyclic) bond motifs is 2. The summed E-state index contributed by atoms with van der Waals surface area (Å²) in [6.45, 7) is 1.93. The summed E-state index contributed by atoms with van der Waals surface area (Å²) in [6.07, 6.45) is 3.75. The van der Waals surface area contributed by atoms with Crippen molar-refractivity contribution in [1.29, 1.82) is 0 Å². The number of H-pyrrole nitrogens is 1. The van der Waals surface area contributed by atoms with E-state index in [0.717, 1.165) is 22.0 Å². The maximum atomic E-state index is 14.1. The average molecular weight is 566 g/mol. The number of carbonyl (C=O) groups is 1. The minimum Gasteiger partial charge on any atom is -0.493 e. The quantitative estimate of drug-likeness (QED) is 0.295. The lowest BCUT2D eigenvalue weighted by Crippen LogP contribution is -2.40. The van der Waals surface area contributed by atoms with Crippen molar-refractivity contribution in [3.63, 3.8) is 0 Å². The van der Waals surface area contributed by atoms with Crippen LogP contribution < -0.4 is 24.4 Å². The first kappa shape index (κ1) is 26.3. The maximum Gasteiger partial charge on any atom is 0.338 e. The number of aromatic amines is 1. The summed E-state index contributed by atoms with van der Waals surface area (Å²) in [5.41, 5.74) is 3.75. The molecule has 9 heteroatoms. The number of benzene rings is 3. The Morgan fingerprint density at radius 1 is 1.02 bits per heavy atom. The fourth-order valence-corrected chi connectivity index (χ4v) is 6.13. The van der Waals surface area contributed by atoms with E-state index in [2.05, 4.69) is 4.98 Å². The van der Waals surface area contributed by atoms with Crippen LogP contribution >= 0.6 is 11.3 Å². The van der Waals surface area contributed by atoms with Gasteiger partial charge in [0.05, 0.1) is 42.7 Å². The van der Waals surface area contributed by atoms with Gasteiger partial charge in [-0.3, -0.25) is 9.36 Å².